The van der Waals surface area contributed by atoms with Crippen LogP contribution < -0.4 is 4.90 Å². The highest BCUT2D eigenvalue weighted by Gasteiger charge is 2.22. The number of hydrogen-bond acceptors (Lipinski definition) is 5. The number of rotatable bonds is 9. The van der Waals surface area contributed by atoms with E-state index < -0.39 is 0 Å². The standard InChI is InChI=1S/C24H31N3OS2/c1-6-26(7-2)12-13-27(23(28)19-10-9-11-20(16-19)29-8-3)24-25-21-14-17(4)18(5)15-22(21)30-24/h9-11,14-16H,6-8,12-13H2,1-5H3. The van der Waals surface area contributed by atoms with Gasteiger partial charge in [0.05, 0.1) is 10.2 Å². The molecule has 0 aliphatic carbocycles. The highest BCUT2D eigenvalue weighted by atomic mass is 32.2. The Bertz CT molecular complexity index is 972. The van der Waals surface area contributed by atoms with Gasteiger partial charge in [-0.05, 0) is 74.1 Å². The molecule has 160 valence electrons. The Morgan fingerprint density at radius 3 is 2.47 bits per heavy atom. The largest absolute Gasteiger partial charge is 0.302 e. The van der Waals surface area contributed by atoms with Crippen molar-refractivity contribution in [3.05, 3.63) is 53.1 Å². The predicted molar refractivity (Wildman–Crippen MR) is 131 cm³/mol. The monoisotopic (exact) mass is 441 g/mol. The summed E-state index contributed by atoms with van der Waals surface area (Å²) in [5.74, 6) is 1.01. The Hall–Kier alpha value is -1.89. The van der Waals surface area contributed by atoms with Crippen LogP contribution in [-0.2, 0) is 0 Å². The number of hydrogen-bond donors (Lipinski definition) is 0. The van der Waals surface area contributed by atoms with Crippen molar-refractivity contribution >= 4 is 44.4 Å². The van der Waals surface area contributed by atoms with Crippen LogP contribution in [0.2, 0.25) is 0 Å². The van der Waals surface area contributed by atoms with Crippen molar-refractivity contribution in [3.63, 3.8) is 0 Å². The highest BCUT2D eigenvalue weighted by Crippen LogP contribution is 2.32. The van der Waals surface area contributed by atoms with Gasteiger partial charge in [-0.1, -0.05) is 38.2 Å². The number of carbonyl (C=O) groups is 1. The van der Waals surface area contributed by atoms with Crippen LogP contribution in [-0.4, -0.2) is 47.7 Å². The summed E-state index contributed by atoms with van der Waals surface area (Å²) in [4.78, 5) is 23.7. The number of nitrogens with zero attached hydrogens (tertiary/aromatic N) is 3. The average molecular weight is 442 g/mol. The third kappa shape index (κ3) is 5.23. The van der Waals surface area contributed by atoms with Gasteiger partial charge in [0.25, 0.3) is 5.91 Å². The van der Waals surface area contributed by atoms with Crippen LogP contribution in [0.4, 0.5) is 5.13 Å². The van der Waals surface area contributed by atoms with Crippen LogP contribution in [0.5, 0.6) is 0 Å². The van der Waals surface area contributed by atoms with Crippen molar-refractivity contribution in [2.24, 2.45) is 0 Å². The number of thioether (sulfide) groups is 1. The Labute approximate surface area is 188 Å². The number of anilines is 1. The molecule has 0 spiro atoms. The minimum absolute atomic E-state index is 0.0215. The molecule has 0 saturated heterocycles. The normalized spacial score (nSPS) is 11.4. The second-order valence-corrected chi connectivity index (χ2v) is 9.69. The predicted octanol–water partition coefficient (Wildman–Crippen LogP) is 6.01. The zero-order valence-electron chi connectivity index (χ0n) is 18.6. The van der Waals surface area contributed by atoms with Crippen molar-refractivity contribution in [2.45, 2.75) is 39.5 Å². The maximum absolute atomic E-state index is 13.6. The summed E-state index contributed by atoms with van der Waals surface area (Å²) in [6.45, 7) is 14.1. The minimum Gasteiger partial charge on any atom is -0.302 e. The van der Waals surface area contributed by atoms with E-state index in [4.69, 9.17) is 4.98 Å². The molecule has 0 saturated carbocycles. The molecule has 0 unspecified atom stereocenters. The molecule has 6 heteroatoms. The van der Waals surface area contributed by atoms with Gasteiger partial charge >= 0.3 is 0 Å². The molecule has 0 N–H and O–H groups in total. The molecule has 1 amide bonds. The quantitative estimate of drug-likeness (QED) is 0.381. The number of benzene rings is 2. The number of aromatic nitrogens is 1. The molecule has 1 heterocycles. The van der Waals surface area contributed by atoms with Crippen LogP contribution in [0, 0.1) is 13.8 Å². The van der Waals surface area contributed by atoms with Gasteiger partial charge < -0.3 is 4.90 Å². The van der Waals surface area contributed by atoms with E-state index >= 15 is 0 Å². The molecule has 0 atom stereocenters. The second-order valence-electron chi connectivity index (χ2n) is 7.35. The molecule has 3 aromatic rings. The smallest absolute Gasteiger partial charge is 0.260 e. The maximum atomic E-state index is 13.6. The molecule has 4 nitrogen and oxygen atoms in total. The van der Waals surface area contributed by atoms with E-state index in [0.29, 0.717) is 6.54 Å². The van der Waals surface area contributed by atoms with Crippen LogP contribution in [0.3, 0.4) is 0 Å². The van der Waals surface area contributed by atoms with Crippen molar-refractivity contribution in [2.75, 3.05) is 36.8 Å². The number of fused-ring (bicyclic) bond motifs is 1. The number of carbonyl (C=O) groups excluding carboxylic acids is 1. The van der Waals surface area contributed by atoms with E-state index in [-0.39, 0.29) is 5.91 Å². The summed E-state index contributed by atoms with van der Waals surface area (Å²) in [6.07, 6.45) is 0. The fourth-order valence-electron chi connectivity index (χ4n) is 3.39. The summed E-state index contributed by atoms with van der Waals surface area (Å²) in [5, 5.41) is 0.778. The van der Waals surface area contributed by atoms with E-state index in [1.165, 1.54) is 11.1 Å². The van der Waals surface area contributed by atoms with Gasteiger partial charge in [-0.25, -0.2) is 4.98 Å². The Morgan fingerprint density at radius 1 is 1.03 bits per heavy atom. The first kappa shape index (κ1) is 22.8. The molecule has 3 rings (SSSR count). The van der Waals surface area contributed by atoms with Crippen LogP contribution in [0.15, 0.2) is 41.3 Å². The summed E-state index contributed by atoms with van der Waals surface area (Å²) < 4.78 is 1.13. The molecule has 0 bridgehead atoms. The molecule has 0 radical (unpaired) electrons. The third-order valence-electron chi connectivity index (χ3n) is 5.39. The molecule has 2 aromatic carbocycles. The van der Waals surface area contributed by atoms with Crippen molar-refractivity contribution < 1.29 is 4.79 Å². The van der Waals surface area contributed by atoms with Gasteiger partial charge in [-0.15, -0.1) is 11.8 Å². The van der Waals surface area contributed by atoms with E-state index in [9.17, 15) is 4.79 Å². The first-order chi connectivity index (χ1) is 14.5. The average Bonchev–Trinajstić information content (AvgIpc) is 3.14. The van der Waals surface area contributed by atoms with Crippen molar-refractivity contribution in [3.8, 4) is 0 Å². The van der Waals surface area contributed by atoms with Gasteiger partial charge in [0.1, 0.15) is 0 Å². The highest BCUT2D eigenvalue weighted by molar-refractivity contribution is 7.99. The fraction of sp³-hybridized carbons (Fsp3) is 0.417. The summed E-state index contributed by atoms with van der Waals surface area (Å²) in [6, 6.07) is 12.2. The zero-order chi connectivity index (χ0) is 21.7. The lowest BCUT2D eigenvalue weighted by atomic mass is 10.1. The van der Waals surface area contributed by atoms with E-state index in [1.807, 2.05) is 23.1 Å². The van der Waals surface area contributed by atoms with Crippen molar-refractivity contribution in [1.82, 2.24) is 9.88 Å². The molecule has 1 aromatic heterocycles. The second kappa shape index (κ2) is 10.4. The lowest BCUT2D eigenvalue weighted by molar-refractivity contribution is 0.0983. The van der Waals surface area contributed by atoms with Gasteiger partial charge in [0.2, 0.25) is 0 Å². The minimum atomic E-state index is 0.0215. The molecule has 0 aliphatic rings. The lowest BCUT2D eigenvalue weighted by Gasteiger charge is -2.25. The van der Waals surface area contributed by atoms with Crippen LogP contribution in [0.25, 0.3) is 10.2 Å². The fourth-order valence-corrected chi connectivity index (χ4v) is 5.18. The number of amides is 1. The van der Waals surface area contributed by atoms with Crippen LogP contribution in [0.1, 0.15) is 42.3 Å². The molecule has 30 heavy (non-hydrogen) atoms. The van der Waals surface area contributed by atoms with Gasteiger partial charge in [0.15, 0.2) is 5.13 Å². The molecular formula is C24H31N3OS2. The van der Waals surface area contributed by atoms with Gasteiger partial charge in [-0.3, -0.25) is 9.69 Å². The van der Waals surface area contributed by atoms with E-state index in [1.54, 1.807) is 23.1 Å². The maximum Gasteiger partial charge on any atom is 0.260 e. The Balaban J connectivity index is 1.97. The molecular weight excluding hydrogens is 410 g/mol. The van der Waals surface area contributed by atoms with E-state index in [2.05, 4.69) is 57.7 Å². The topological polar surface area (TPSA) is 36.4 Å². The van der Waals surface area contributed by atoms with Gasteiger partial charge in [-0.2, -0.15) is 0 Å². The first-order valence-electron chi connectivity index (χ1n) is 10.6. The third-order valence-corrected chi connectivity index (χ3v) is 7.31. The Kier molecular flexibility index (Phi) is 7.92. The number of thiazole rings is 1. The Morgan fingerprint density at radius 2 is 1.77 bits per heavy atom. The zero-order valence-corrected chi connectivity index (χ0v) is 20.2. The summed E-state index contributed by atoms with van der Waals surface area (Å²) in [5.41, 5.74) is 4.17. The van der Waals surface area contributed by atoms with Gasteiger partial charge in [0, 0.05) is 23.5 Å². The van der Waals surface area contributed by atoms with Crippen molar-refractivity contribution in [1.29, 1.82) is 0 Å². The first-order valence-corrected chi connectivity index (χ1v) is 12.4. The number of likely N-dealkylation sites (N-methyl/N-ethyl adjacent to an activating group) is 1. The summed E-state index contributed by atoms with van der Waals surface area (Å²) in [7, 11) is 0. The van der Waals surface area contributed by atoms with E-state index in [0.717, 1.165) is 51.2 Å². The van der Waals surface area contributed by atoms with Crippen LogP contribution >= 0.6 is 23.1 Å². The SMILES string of the molecule is CCSc1cccc(C(=O)N(CCN(CC)CC)c2nc3cc(C)c(C)cc3s2)c1. The molecule has 0 fully saturated rings. The summed E-state index contributed by atoms with van der Waals surface area (Å²) >= 11 is 3.36. The molecule has 0 aliphatic heterocycles. The lowest BCUT2D eigenvalue weighted by Crippen LogP contribution is -2.38. The number of aryl methyl sites for hydroxylation is 2.